The van der Waals surface area contributed by atoms with Crippen LogP contribution in [0.3, 0.4) is 0 Å². The second-order valence-corrected chi connectivity index (χ2v) is 12.7. The van der Waals surface area contributed by atoms with Crippen LogP contribution in [-0.4, -0.2) is 0 Å². The number of hydrogen-bond donors (Lipinski definition) is 0. The van der Waals surface area contributed by atoms with E-state index in [1.54, 1.807) is 0 Å². The minimum atomic E-state index is 0.631. The van der Waals surface area contributed by atoms with Gasteiger partial charge in [-0.1, -0.05) is 91.0 Å². The van der Waals surface area contributed by atoms with Gasteiger partial charge < -0.3 is 4.42 Å². The van der Waals surface area contributed by atoms with Gasteiger partial charge in [-0.3, -0.25) is 0 Å². The maximum atomic E-state index is 10.1. The molecule has 9 aromatic rings. The zero-order valence-corrected chi connectivity index (χ0v) is 25.5. The maximum absolute atomic E-state index is 10.1. The summed E-state index contributed by atoms with van der Waals surface area (Å²) in [5.41, 5.74) is 11.0. The molecule has 2 heterocycles. The van der Waals surface area contributed by atoms with Crippen LogP contribution in [0.5, 0.6) is 0 Å². The summed E-state index contributed by atoms with van der Waals surface area (Å²) in [5.74, 6) is 0. The van der Waals surface area contributed by atoms with Gasteiger partial charge in [0.25, 0.3) is 0 Å². The van der Waals surface area contributed by atoms with Gasteiger partial charge in [0.1, 0.15) is 11.2 Å². The van der Waals surface area contributed by atoms with Crippen LogP contribution >= 0.6 is 11.3 Å². The number of nitrogens with zero attached hydrogens (tertiary/aromatic N) is 1. The molecule has 0 atom stereocenters. The van der Waals surface area contributed by atoms with E-state index in [0.29, 0.717) is 5.56 Å². The zero-order chi connectivity index (χ0) is 30.6. The first kappa shape index (κ1) is 26.5. The predicted octanol–water partition coefficient (Wildman–Crippen LogP) is 12.5. The van der Waals surface area contributed by atoms with E-state index in [1.165, 1.54) is 20.2 Å². The molecule has 0 saturated carbocycles. The molecule has 0 aliphatic carbocycles. The fourth-order valence-electron chi connectivity index (χ4n) is 6.66. The number of benzene rings is 7. The molecule has 2 nitrogen and oxygen atoms in total. The van der Waals surface area contributed by atoms with Crippen molar-refractivity contribution < 1.29 is 4.42 Å². The van der Waals surface area contributed by atoms with Gasteiger partial charge in [-0.05, 0) is 105 Å². The molecule has 0 saturated heterocycles. The molecule has 7 aromatic carbocycles. The SMILES string of the molecule is N#Cc1cc(-c2ccccc2)cc(-c2cc(-c3ccc4sc5ccccc5c4c3)ccc2-c2ccc3c(c2)oc2ccccc23)c1. The lowest BCUT2D eigenvalue weighted by molar-refractivity contribution is 0.669. The summed E-state index contributed by atoms with van der Waals surface area (Å²) in [6, 6.07) is 55.6. The van der Waals surface area contributed by atoms with Crippen molar-refractivity contribution in [2.75, 3.05) is 0 Å². The summed E-state index contributed by atoms with van der Waals surface area (Å²) in [6.07, 6.45) is 0. The molecule has 0 radical (unpaired) electrons. The van der Waals surface area contributed by atoms with Gasteiger partial charge in [-0.2, -0.15) is 5.26 Å². The number of furan rings is 1. The fourth-order valence-corrected chi connectivity index (χ4v) is 7.74. The van der Waals surface area contributed by atoms with E-state index in [0.717, 1.165) is 66.4 Å². The fraction of sp³-hybridized carbons (Fsp3) is 0. The van der Waals surface area contributed by atoms with Gasteiger partial charge in [0.05, 0.1) is 11.6 Å². The molecule has 0 aliphatic heterocycles. The van der Waals surface area contributed by atoms with E-state index in [4.69, 9.17) is 4.42 Å². The van der Waals surface area contributed by atoms with Crippen molar-refractivity contribution in [2.45, 2.75) is 0 Å². The Hall–Kier alpha value is -5.95. The molecule has 0 bridgehead atoms. The Kier molecular flexibility index (Phi) is 6.09. The Labute approximate surface area is 270 Å². The van der Waals surface area contributed by atoms with Crippen molar-refractivity contribution in [3.63, 3.8) is 0 Å². The monoisotopic (exact) mass is 603 g/mol. The largest absolute Gasteiger partial charge is 0.456 e. The minimum Gasteiger partial charge on any atom is -0.456 e. The number of rotatable bonds is 4. The lowest BCUT2D eigenvalue weighted by atomic mass is 9.88. The Morgan fingerprint density at radius 1 is 0.413 bits per heavy atom. The second-order valence-electron chi connectivity index (χ2n) is 11.7. The first-order chi connectivity index (χ1) is 22.7. The van der Waals surface area contributed by atoms with E-state index in [-0.39, 0.29) is 0 Å². The van der Waals surface area contributed by atoms with Crippen LogP contribution in [0.25, 0.3) is 86.6 Å². The average Bonchev–Trinajstić information content (AvgIpc) is 3.69. The van der Waals surface area contributed by atoms with E-state index in [9.17, 15) is 5.26 Å². The van der Waals surface area contributed by atoms with Crippen LogP contribution in [0.15, 0.2) is 156 Å². The lowest BCUT2D eigenvalue weighted by Gasteiger charge is -2.15. The van der Waals surface area contributed by atoms with Crippen molar-refractivity contribution in [2.24, 2.45) is 0 Å². The van der Waals surface area contributed by atoms with Crippen LogP contribution < -0.4 is 0 Å². The number of hydrogen-bond acceptors (Lipinski definition) is 3. The standard InChI is InChI=1S/C43H25NOS/c44-26-27-20-32(28-8-2-1-3-9-28)22-33(21-27)38-23-29(30-16-19-43-39(24-30)37-11-5-7-13-42(37)46-43)14-17-34(38)31-15-18-36-35-10-4-6-12-40(35)45-41(36)25-31/h1-25H. The summed E-state index contributed by atoms with van der Waals surface area (Å²) in [6.45, 7) is 0. The summed E-state index contributed by atoms with van der Waals surface area (Å²) in [7, 11) is 0. The Morgan fingerprint density at radius 2 is 1.11 bits per heavy atom. The number of fused-ring (bicyclic) bond motifs is 6. The van der Waals surface area contributed by atoms with Crippen LogP contribution in [0.1, 0.15) is 5.56 Å². The number of para-hydroxylation sites is 1. The maximum Gasteiger partial charge on any atom is 0.136 e. The smallest absolute Gasteiger partial charge is 0.136 e. The van der Waals surface area contributed by atoms with E-state index in [2.05, 4.69) is 109 Å². The topological polar surface area (TPSA) is 36.9 Å². The van der Waals surface area contributed by atoms with Gasteiger partial charge in [0.15, 0.2) is 0 Å². The molecule has 0 spiro atoms. The Balaban J connectivity index is 1.27. The highest BCUT2D eigenvalue weighted by Crippen LogP contribution is 2.41. The van der Waals surface area contributed by atoms with Crippen LogP contribution in [-0.2, 0) is 0 Å². The number of nitriles is 1. The lowest BCUT2D eigenvalue weighted by Crippen LogP contribution is -1.90. The van der Waals surface area contributed by atoms with Crippen molar-refractivity contribution in [1.82, 2.24) is 0 Å². The third kappa shape index (κ3) is 4.39. The molecule has 9 rings (SSSR count). The van der Waals surface area contributed by atoms with Crippen molar-refractivity contribution in [3.05, 3.63) is 157 Å². The van der Waals surface area contributed by atoms with Gasteiger partial charge >= 0.3 is 0 Å². The zero-order valence-electron chi connectivity index (χ0n) is 24.7. The summed E-state index contributed by atoms with van der Waals surface area (Å²) >= 11 is 1.83. The Bertz CT molecular complexity index is 2650. The highest BCUT2D eigenvalue weighted by Gasteiger charge is 2.16. The molecule has 46 heavy (non-hydrogen) atoms. The highest BCUT2D eigenvalue weighted by atomic mass is 32.1. The molecule has 3 heteroatoms. The first-order valence-corrected chi connectivity index (χ1v) is 16.1. The normalized spacial score (nSPS) is 11.5. The average molecular weight is 604 g/mol. The summed E-state index contributed by atoms with van der Waals surface area (Å²) in [5, 5.41) is 14.9. The van der Waals surface area contributed by atoms with Crippen LogP contribution in [0.2, 0.25) is 0 Å². The third-order valence-corrected chi connectivity index (χ3v) is 10.1. The first-order valence-electron chi connectivity index (χ1n) is 15.3. The molecular weight excluding hydrogens is 579 g/mol. The minimum absolute atomic E-state index is 0.631. The Morgan fingerprint density at radius 3 is 2.00 bits per heavy atom. The van der Waals surface area contributed by atoms with E-state index < -0.39 is 0 Å². The predicted molar refractivity (Wildman–Crippen MR) is 193 cm³/mol. The quantitative estimate of drug-likeness (QED) is 0.201. The van der Waals surface area contributed by atoms with Crippen molar-refractivity contribution in [3.8, 4) is 50.6 Å². The van der Waals surface area contributed by atoms with Crippen molar-refractivity contribution in [1.29, 1.82) is 5.26 Å². The molecule has 0 N–H and O–H groups in total. The van der Waals surface area contributed by atoms with Crippen LogP contribution in [0, 0.1) is 11.3 Å². The molecule has 214 valence electrons. The summed E-state index contributed by atoms with van der Waals surface area (Å²) in [4.78, 5) is 0. The molecule has 2 aromatic heterocycles. The van der Waals surface area contributed by atoms with Gasteiger partial charge in [0.2, 0.25) is 0 Å². The summed E-state index contributed by atoms with van der Waals surface area (Å²) < 4.78 is 8.88. The highest BCUT2D eigenvalue weighted by molar-refractivity contribution is 7.25. The second kappa shape index (κ2) is 10.6. The molecular formula is C43H25NOS. The molecule has 0 fully saturated rings. The van der Waals surface area contributed by atoms with Gasteiger partial charge in [-0.15, -0.1) is 11.3 Å². The molecule has 0 unspecified atom stereocenters. The molecule has 0 amide bonds. The number of thiophene rings is 1. The van der Waals surface area contributed by atoms with Gasteiger partial charge in [0, 0.05) is 30.9 Å². The van der Waals surface area contributed by atoms with Crippen molar-refractivity contribution >= 4 is 53.4 Å². The molecule has 0 aliphatic rings. The van der Waals surface area contributed by atoms with E-state index in [1.807, 2.05) is 59.9 Å². The van der Waals surface area contributed by atoms with E-state index >= 15 is 0 Å². The van der Waals surface area contributed by atoms with Crippen LogP contribution in [0.4, 0.5) is 0 Å². The van der Waals surface area contributed by atoms with Gasteiger partial charge in [-0.25, -0.2) is 0 Å². The third-order valence-electron chi connectivity index (χ3n) is 8.90.